The maximum atomic E-state index is 8.96. The maximum absolute atomic E-state index is 8.96. The van der Waals surface area contributed by atoms with Crippen LogP contribution in [0.25, 0.3) is 0 Å². The lowest BCUT2D eigenvalue weighted by Crippen LogP contribution is -2.21. The van der Waals surface area contributed by atoms with Crippen LogP contribution >= 0.6 is 11.6 Å². The third-order valence-electron chi connectivity index (χ3n) is 3.67. The maximum Gasteiger partial charge on any atom is 0.122 e. The molecule has 104 valence electrons. The zero-order valence-corrected chi connectivity index (χ0v) is 11.7. The van der Waals surface area contributed by atoms with Gasteiger partial charge in [0, 0.05) is 30.3 Å². The highest BCUT2D eigenvalue weighted by atomic mass is 35.5. The minimum Gasteiger partial charge on any atom is -0.396 e. The van der Waals surface area contributed by atoms with Gasteiger partial charge in [0.15, 0.2) is 0 Å². The molecule has 4 nitrogen and oxygen atoms in total. The molecule has 1 saturated heterocycles. The number of nitrogens with zero attached hydrogens (tertiary/aromatic N) is 1. The lowest BCUT2D eigenvalue weighted by Gasteiger charge is -2.17. The summed E-state index contributed by atoms with van der Waals surface area (Å²) < 4.78 is 0. The number of halogens is 1. The third kappa shape index (κ3) is 3.69. The number of benzene rings is 1. The van der Waals surface area contributed by atoms with Gasteiger partial charge in [-0.3, -0.25) is 10.3 Å². The fourth-order valence-corrected chi connectivity index (χ4v) is 2.80. The van der Waals surface area contributed by atoms with Crippen molar-refractivity contribution in [1.82, 2.24) is 4.90 Å². The SMILES string of the molecule is N=C(N)c1ccc(CN2CCC(CCO)C2)c(Cl)c1. The number of aliphatic hydroxyl groups excluding tert-OH is 1. The molecular formula is C14H20ClN3O. The van der Waals surface area contributed by atoms with Gasteiger partial charge in [0.05, 0.1) is 0 Å². The molecule has 4 N–H and O–H groups in total. The summed E-state index contributed by atoms with van der Waals surface area (Å²) in [6, 6.07) is 5.53. The van der Waals surface area contributed by atoms with E-state index in [0.29, 0.717) is 16.5 Å². The molecule has 1 atom stereocenters. The number of amidine groups is 1. The first-order chi connectivity index (χ1) is 9.10. The summed E-state index contributed by atoms with van der Waals surface area (Å²) in [4.78, 5) is 2.36. The van der Waals surface area contributed by atoms with Crippen molar-refractivity contribution in [2.45, 2.75) is 19.4 Å². The number of nitrogen functional groups attached to an aromatic ring is 1. The van der Waals surface area contributed by atoms with Crippen LogP contribution < -0.4 is 5.73 Å². The number of likely N-dealkylation sites (tertiary alicyclic amines) is 1. The summed E-state index contributed by atoms with van der Waals surface area (Å²) in [5, 5.41) is 17.0. The van der Waals surface area contributed by atoms with Crippen LogP contribution in [0.3, 0.4) is 0 Å². The Morgan fingerprint density at radius 1 is 1.53 bits per heavy atom. The van der Waals surface area contributed by atoms with Gasteiger partial charge in [0.25, 0.3) is 0 Å². The number of hydrogen-bond acceptors (Lipinski definition) is 3. The monoisotopic (exact) mass is 281 g/mol. The van der Waals surface area contributed by atoms with E-state index in [-0.39, 0.29) is 12.4 Å². The Hall–Kier alpha value is -1.10. The van der Waals surface area contributed by atoms with E-state index >= 15 is 0 Å². The molecule has 0 spiro atoms. The van der Waals surface area contributed by atoms with Gasteiger partial charge in [0.2, 0.25) is 0 Å². The lowest BCUT2D eigenvalue weighted by atomic mass is 10.1. The standard InChI is InChI=1S/C14H20ClN3O/c15-13-7-11(14(16)17)1-2-12(13)9-18-5-3-10(8-18)4-6-19/h1-2,7,10,19H,3-6,8-9H2,(H3,16,17). The second kappa shape index (κ2) is 6.37. The first-order valence-corrected chi connectivity index (χ1v) is 6.94. The van der Waals surface area contributed by atoms with E-state index in [4.69, 9.17) is 27.9 Å². The van der Waals surface area contributed by atoms with Gasteiger partial charge in [-0.25, -0.2) is 0 Å². The van der Waals surface area contributed by atoms with E-state index in [1.165, 1.54) is 0 Å². The second-order valence-electron chi connectivity index (χ2n) is 5.12. The van der Waals surface area contributed by atoms with Gasteiger partial charge < -0.3 is 10.8 Å². The van der Waals surface area contributed by atoms with Crippen molar-refractivity contribution < 1.29 is 5.11 Å². The minimum absolute atomic E-state index is 0.0395. The smallest absolute Gasteiger partial charge is 0.122 e. The van der Waals surface area contributed by atoms with E-state index in [9.17, 15) is 0 Å². The van der Waals surface area contributed by atoms with Crippen LogP contribution in [0.5, 0.6) is 0 Å². The molecule has 5 heteroatoms. The molecule has 0 saturated carbocycles. The summed E-state index contributed by atoms with van der Waals surface area (Å²) in [5.74, 6) is 0.637. The molecular weight excluding hydrogens is 262 g/mol. The van der Waals surface area contributed by atoms with Crippen LogP contribution in [-0.4, -0.2) is 35.5 Å². The molecule has 0 radical (unpaired) electrons. The molecule has 0 aliphatic carbocycles. The molecule has 1 unspecified atom stereocenters. The van der Waals surface area contributed by atoms with Crippen LogP contribution in [-0.2, 0) is 6.54 Å². The Kier molecular flexibility index (Phi) is 4.80. The Morgan fingerprint density at radius 3 is 2.95 bits per heavy atom. The van der Waals surface area contributed by atoms with Gasteiger partial charge in [0.1, 0.15) is 5.84 Å². The number of nitrogens with one attached hydrogen (secondary N) is 1. The van der Waals surface area contributed by atoms with Crippen molar-refractivity contribution in [3.63, 3.8) is 0 Å². The topological polar surface area (TPSA) is 73.3 Å². The van der Waals surface area contributed by atoms with Crippen molar-refractivity contribution in [3.05, 3.63) is 34.3 Å². The molecule has 19 heavy (non-hydrogen) atoms. The molecule has 1 fully saturated rings. The number of aliphatic hydroxyl groups is 1. The fraction of sp³-hybridized carbons (Fsp3) is 0.500. The number of nitrogens with two attached hydrogens (primary N) is 1. The van der Waals surface area contributed by atoms with Crippen molar-refractivity contribution in [3.8, 4) is 0 Å². The van der Waals surface area contributed by atoms with Gasteiger partial charge >= 0.3 is 0 Å². The van der Waals surface area contributed by atoms with Gasteiger partial charge in [-0.15, -0.1) is 0 Å². The van der Waals surface area contributed by atoms with Crippen LogP contribution in [0.1, 0.15) is 24.0 Å². The molecule has 1 aromatic carbocycles. The predicted molar refractivity (Wildman–Crippen MR) is 77.6 cm³/mol. The molecule has 0 bridgehead atoms. The van der Waals surface area contributed by atoms with Crippen molar-refractivity contribution in [1.29, 1.82) is 5.41 Å². The minimum atomic E-state index is 0.0395. The average Bonchev–Trinajstić information content (AvgIpc) is 2.79. The second-order valence-corrected chi connectivity index (χ2v) is 5.53. The van der Waals surface area contributed by atoms with Gasteiger partial charge in [-0.1, -0.05) is 23.7 Å². The Morgan fingerprint density at radius 2 is 2.32 bits per heavy atom. The third-order valence-corrected chi connectivity index (χ3v) is 4.02. The predicted octanol–water partition coefficient (Wildman–Crippen LogP) is 1.83. The first kappa shape index (κ1) is 14.3. The molecule has 1 heterocycles. The molecule has 2 rings (SSSR count). The fourth-order valence-electron chi connectivity index (χ4n) is 2.56. The quantitative estimate of drug-likeness (QED) is 0.569. The highest BCUT2D eigenvalue weighted by Crippen LogP contribution is 2.24. The van der Waals surface area contributed by atoms with Crippen molar-refractivity contribution in [2.24, 2.45) is 11.7 Å². The van der Waals surface area contributed by atoms with Crippen LogP contribution in [0.15, 0.2) is 18.2 Å². The summed E-state index contributed by atoms with van der Waals surface area (Å²) in [5.41, 5.74) is 7.16. The lowest BCUT2D eigenvalue weighted by molar-refractivity contribution is 0.249. The molecule has 0 amide bonds. The summed E-state index contributed by atoms with van der Waals surface area (Å²) in [6.07, 6.45) is 2.03. The van der Waals surface area contributed by atoms with Crippen molar-refractivity contribution >= 4 is 17.4 Å². The van der Waals surface area contributed by atoms with E-state index in [1.54, 1.807) is 6.07 Å². The van der Waals surface area contributed by atoms with Crippen molar-refractivity contribution in [2.75, 3.05) is 19.7 Å². The highest BCUT2D eigenvalue weighted by molar-refractivity contribution is 6.31. The van der Waals surface area contributed by atoms with E-state index in [0.717, 1.165) is 38.0 Å². The molecule has 1 aromatic rings. The highest BCUT2D eigenvalue weighted by Gasteiger charge is 2.22. The van der Waals surface area contributed by atoms with Gasteiger partial charge in [-0.05, 0) is 36.9 Å². The Labute approximate surface area is 118 Å². The van der Waals surface area contributed by atoms with Crippen LogP contribution in [0.4, 0.5) is 0 Å². The van der Waals surface area contributed by atoms with E-state index in [1.807, 2.05) is 12.1 Å². The number of rotatable bonds is 5. The van der Waals surface area contributed by atoms with E-state index < -0.39 is 0 Å². The van der Waals surface area contributed by atoms with Gasteiger partial charge in [-0.2, -0.15) is 0 Å². The summed E-state index contributed by atoms with van der Waals surface area (Å²) >= 11 is 6.23. The summed E-state index contributed by atoms with van der Waals surface area (Å²) in [6.45, 7) is 3.16. The number of hydrogen-bond donors (Lipinski definition) is 3. The average molecular weight is 282 g/mol. The zero-order chi connectivity index (χ0) is 13.8. The normalized spacial score (nSPS) is 19.8. The van der Waals surface area contributed by atoms with E-state index in [2.05, 4.69) is 4.90 Å². The Bertz CT molecular complexity index is 464. The molecule has 1 aliphatic heterocycles. The first-order valence-electron chi connectivity index (χ1n) is 6.56. The largest absolute Gasteiger partial charge is 0.396 e. The zero-order valence-electron chi connectivity index (χ0n) is 10.9. The Balaban J connectivity index is 1.98. The molecule has 1 aliphatic rings. The van der Waals surface area contributed by atoms with Crippen LogP contribution in [0.2, 0.25) is 5.02 Å². The molecule has 0 aromatic heterocycles. The van der Waals surface area contributed by atoms with Crippen LogP contribution in [0, 0.1) is 11.3 Å². The summed E-state index contributed by atoms with van der Waals surface area (Å²) in [7, 11) is 0.